The van der Waals surface area contributed by atoms with Gasteiger partial charge in [-0.3, -0.25) is 14.0 Å². The summed E-state index contributed by atoms with van der Waals surface area (Å²) in [5.74, 6) is 0.956. The Balaban J connectivity index is 1.32. The van der Waals surface area contributed by atoms with Gasteiger partial charge in [-0.25, -0.2) is 14.6 Å². The Hall–Kier alpha value is -2.85. The van der Waals surface area contributed by atoms with Crippen LogP contribution in [0.5, 0.6) is 0 Å². The standard InChI is InChI=1S/C17H19N9S/c1-22-15-13(10-20-22)16(19-11-18-15)24-8-6-23(7-9-24)12-26-17(27)25-5-3-2-4-14(25)21-26/h2-5,10-11H,6-9,12H2,1H3. The van der Waals surface area contributed by atoms with Crippen molar-refractivity contribution in [3.8, 4) is 0 Å². The van der Waals surface area contributed by atoms with Gasteiger partial charge in [-0.1, -0.05) is 6.07 Å². The second-order valence-electron chi connectivity index (χ2n) is 6.66. The molecule has 0 atom stereocenters. The summed E-state index contributed by atoms with van der Waals surface area (Å²) in [5, 5.41) is 9.92. The van der Waals surface area contributed by atoms with Crippen LogP contribution in [0.25, 0.3) is 16.7 Å². The van der Waals surface area contributed by atoms with Crippen molar-refractivity contribution in [1.82, 2.24) is 38.8 Å². The van der Waals surface area contributed by atoms with Crippen molar-refractivity contribution >= 4 is 34.7 Å². The van der Waals surface area contributed by atoms with Crippen LogP contribution in [0.1, 0.15) is 0 Å². The van der Waals surface area contributed by atoms with E-state index in [0.717, 1.165) is 53.4 Å². The zero-order chi connectivity index (χ0) is 18.4. The maximum atomic E-state index is 5.55. The number of nitrogens with zero attached hydrogens (tertiary/aromatic N) is 9. The molecule has 0 amide bonds. The van der Waals surface area contributed by atoms with E-state index in [-0.39, 0.29) is 0 Å². The third-order valence-electron chi connectivity index (χ3n) is 5.00. The predicted molar refractivity (Wildman–Crippen MR) is 104 cm³/mol. The highest BCUT2D eigenvalue weighted by atomic mass is 32.1. The van der Waals surface area contributed by atoms with E-state index in [1.165, 1.54) is 0 Å². The van der Waals surface area contributed by atoms with Gasteiger partial charge in [0.05, 0.1) is 18.3 Å². The fraction of sp³-hybridized carbons (Fsp3) is 0.353. The van der Waals surface area contributed by atoms with Crippen molar-refractivity contribution in [3.05, 3.63) is 41.7 Å². The second-order valence-corrected chi connectivity index (χ2v) is 7.03. The average Bonchev–Trinajstić information content (AvgIpc) is 3.23. The molecule has 0 spiro atoms. The number of aromatic nitrogens is 7. The molecule has 4 aromatic heterocycles. The Morgan fingerprint density at radius 2 is 1.96 bits per heavy atom. The minimum absolute atomic E-state index is 0.695. The van der Waals surface area contributed by atoms with Gasteiger partial charge >= 0.3 is 0 Å². The number of piperazine rings is 1. The number of fused-ring (bicyclic) bond motifs is 2. The molecule has 0 aliphatic carbocycles. The summed E-state index contributed by atoms with van der Waals surface area (Å²) >= 11 is 5.55. The van der Waals surface area contributed by atoms with Crippen molar-refractivity contribution < 1.29 is 0 Å². The molecule has 0 saturated carbocycles. The Morgan fingerprint density at radius 3 is 2.78 bits per heavy atom. The first kappa shape index (κ1) is 16.3. The molecule has 4 aromatic rings. The fourth-order valence-electron chi connectivity index (χ4n) is 3.55. The van der Waals surface area contributed by atoms with Crippen LogP contribution in [0.4, 0.5) is 5.82 Å². The molecular formula is C17H19N9S. The summed E-state index contributed by atoms with van der Waals surface area (Å²) in [6, 6.07) is 5.91. The molecule has 5 rings (SSSR count). The second kappa shape index (κ2) is 6.39. The van der Waals surface area contributed by atoms with Crippen molar-refractivity contribution in [2.24, 2.45) is 7.05 Å². The monoisotopic (exact) mass is 381 g/mol. The highest BCUT2D eigenvalue weighted by Gasteiger charge is 2.21. The van der Waals surface area contributed by atoms with E-state index in [0.29, 0.717) is 6.67 Å². The van der Waals surface area contributed by atoms with E-state index < -0.39 is 0 Å². The molecule has 0 radical (unpaired) electrons. The third kappa shape index (κ3) is 2.77. The molecule has 0 aromatic carbocycles. The van der Waals surface area contributed by atoms with Crippen LogP contribution in [-0.4, -0.2) is 65.0 Å². The zero-order valence-electron chi connectivity index (χ0n) is 14.9. The minimum Gasteiger partial charge on any atom is -0.353 e. The van der Waals surface area contributed by atoms with Gasteiger partial charge in [-0.15, -0.1) is 0 Å². The summed E-state index contributed by atoms with van der Waals surface area (Å²) in [7, 11) is 1.90. The highest BCUT2D eigenvalue weighted by Crippen LogP contribution is 2.23. The van der Waals surface area contributed by atoms with Gasteiger partial charge in [0, 0.05) is 39.4 Å². The summed E-state index contributed by atoms with van der Waals surface area (Å²) in [5.41, 5.74) is 1.74. The van der Waals surface area contributed by atoms with E-state index >= 15 is 0 Å². The largest absolute Gasteiger partial charge is 0.353 e. The van der Waals surface area contributed by atoms with Gasteiger partial charge in [-0.05, 0) is 24.4 Å². The third-order valence-corrected chi connectivity index (χ3v) is 5.41. The molecule has 27 heavy (non-hydrogen) atoms. The molecule has 138 valence electrons. The van der Waals surface area contributed by atoms with Gasteiger partial charge in [0.25, 0.3) is 0 Å². The number of anilines is 1. The summed E-state index contributed by atoms with van der Waals surface area (Å²) in [6.07, 6.45) is 5.40. The van der Waals surface area contributed by atoms with E-state index in [9.17, 15) is 0 Å². The molecule has 1 aliphatic heterocycles. The van der Waals surface area contributed by atoms with Crippen LogP contribution >= 0.6 is 12.2 Å². The number of aryl methyl sites for hydroxylation is 1. The van der Waals surface area contributed by atoms with Crippen LogP contribution < -0.4 is 4.90 Å². The van der Waals surface area contributed by atoms with Gasteiger partial charge in [0.15, 0.2) is 11.3 Å². The Bertz CT molecular complexity index is 1170. The number of hydrogen-bond donors (Lipinski definition) is 0. The van der Waals surface area contributed by atoms with Gasteiger partial charge in [0.2, 0.25) is 4.77 Å². The van der Waals surface area contributed by atoms with Crippen molar-refractivity contribution in [2.75, 3.05) is 31.1 Å². The Morgan fingerprint density at radius 1 is 1.11 bits per heavy atom. The van der Waals surface area contributed by atoms with Crippen molar-refractivity contribution in [3.63, 3.8) is 0 Å². The molecule has 5 heterocycles. The topological polar surface area (TPSA) is 72.3 Å². The molecule has 0 N–H and O–H groups in total. The van der Waals surface area contributed by atoms with Gasteiger partial charge in [-0.2, -0.15) is 10.2 Å². The van der Waals surface area contributed by atoms with Gasteiger partial charge < -0.3 is 4.90 Å². The molecule has 1 saturated heterocycles. The molecule has 10 heteroatoms. The normalized spacial score (nSPS) is 15.8. The lowest BCUT2D eigenvalue weighted by Crippen LogP contribution is -2.47. The number of hydrogen-bond acceptors (Lipinski definition) is 7. The first-order valence-electron chi connectivity index (χ1n) is 8.85. The molecule has 9 nitrogen and oxygen atoms in total. The average molecular weight is 381 g/mol. The molecule has 0 bridgehead atoms. The lowest BCUT2D eigenvalue weighted by Gasteiger charge is -2.35. The maximum absolute atomic E-state index is 5.55. The lowest BCUT2D eigenvalue weighted by atomic mass is 10.3. The van der Waals surface area contributed by atoms with E-state index in [4.69, 9.17) is 12.2 Å². The quantitative estimate of drug-likeness (QED) is 0.496. The summed E-state index contributed by atoms with van der Waals surface area (Å²) in [4.78, 5) is 13.5. The minimum atomic E-state index is 0.695. The van der Waals surface area contributed by atoms with E-state index in [1.807, 2.05) is 46.7 Å². The number of rotatable bonds is 3. The van der Waals surface area contributed by atoms with Crippen molar-refractivity contribution in [2.45, 2.75) is 6.67 Å². The van der Waals surface area contributed by atoms with Crippen LogP contribution in [0.15, 0.2) is 36.9 Å². The lowest BCUT2D eigenvalue weighted by molar-refractivity contribution is 0.194. The summed E-state index contributed by atoms with van der Waals surface area (Å²) < 4.78 is 6.33. The van der Waals surface area contributed by atoms with Crippen LogP contribution in [0.3, 0.4) is 0 Å². The SMILES string of the molecule is Cn1ncc2c(N3CCN(Cn4nc5ccccn5c4=S)CC3)ncnc21. The molecule has 1 aliphatic rings. The fourth-order valence-corrected chi connectivity index (χ4v) is 3.81. The van der Waals surface area contributed by atoms with Crippen LogP contribution in [-0.2, 0) is 13.7 Å². The first-order valence-corrected chi connectivity index (χ1v) is 9.26. The summed E-state index contributed by atoms with van der Waals surface area (Å²) in [6.45, 7) is 4.31. The van der Waals surface area contributed by atoms with Crippen LogP contribution in [0, 0.1) is 4.77 Å². The maximum Gasteiger partial charge on any atom is 0.203 e. The van der Waals surface area contributed by atoms with Crippen LogP contribution in [0.2, 0.25) is 0 Å². The number of pyridine rings is 1. The highest BCUT2D eigenvalue weighted by molar-refractivity contribution is 7.71. The van der Waals surface area contributed by atoms with E-state index in [1.54, 1.807) is 11.0 Å². The predicted octanol–water partition coefficient (Wildman–Crippen LogP) is 1.32. The van der Waals surface area contributed by atoms with Crippen molar-refractivity contribution in [1.29, 1.82) is 0 Å². The molecule has 1 fully saturated rings. The first-order chi connectivity index (χ1) is 13.2. The van der Waals surface area contributed by atoms with E-state index in [2.05, 4.69) is 30.0 Å². The zero-order valence-corrected chi connectivity index (χ0v) is 15.7. The Labute approximate surface area is 160 Å². The Kier molecular flexibility index (Phi) is 3.87. The smallest absolute Gasteiger partial charge is 0.203 e. The van der Waals surface area contributed by atoms with Gasteiger partial charge in [0.1, 0.15) is 12.1 Å². The molecular weight excluding hydrogens is 362 g/mol. The molecule has 0 unspecified atom stereocenters.